The average molecular weight is 393 g/mol. The van der Waals surface area contributed by atoms with Gasteiger partial charge >= 0.3 is 5.97 Å². The smallest absolute Gasteiger partial charge is 0.336 e. The van der Waals surface area contributed by atoms with E-state index >= 15 is 0 Å². The summed E-state index contributed by atoms with van der Waals surface area (Å²) in [4.78, 5) is 25.2. The first-order valence-electron chi connectivity index (χ1n) is 9.94. The number of para-hydroxylation sites is 1. The van der Waals surface area contributed by atoms with Gasteiger partial charge in [0, 0.05) is 23.6 Å². The standard InChI is InChI=1S/C24H27NO4/c1-4-13-28-21-8-6-5-7-19(21)20-14-22(26)25-17(3)23(20)24(27)29-15-18-11-9-16(2)10-12-18/h5-12,20H,4,13-15H2,1-3H3,(H,25,26)/t20-/m1/s1. The number of amides is 1. The third-order valence-electron chi connectivity index (χ3n) is 4.94. The molecule has 0 radical (unpaired) electrons. The SMILES string of the molecule is CCCOc1ccccc1[C@H]1CC(=O)NC(C)=C1C(=O)OCc1ccc(C)cc1. The Bertz CT molecular complexity index is 915. The molecule has 1 amide bonds. The molecule has 5 heteroatoms. The Labute approximate surface area is 171 Å². The highest BCUT2D eigenvalue weighted by molar-refractivity contribution is 5.96. The number of rotatable bonds is 7. The number of aryl methyl sites for hydroxylation is 1. The first-order chi connectivity index (χ1) is 14.0. The van der Waals surface area contributed by atoms with Crippen LogP contribution in [0.2, 0.25) is 0 Å². The molecule has 0 bridgehead atoms. The average Bonchev–Trinajstić information content (AvgIpc) is 2.71. The number of ether oxygens (including phenoxy) is 2. The second kappa shape index (κ2) is 9.41. The largest absolute Gasteiger partial charge is 0.493 e. The summed E-state index contributed by atoms with van der Waals surface area (Å²) in [5.41, 5.74) is 3.91. The zero-order chi connectivity index (χ0) is 20.8. The molecule has 0 fully saturated rings. The van der Waals surface area contributed by atoms with Crippen molar-refractivity contribution in [2.24, 2.45) is 0 Å². The summed E-state index contributed by atoms with van der Waals surface area (Å²) in [5.74, 6) is -0.237. The molecule has 1 atom stereocenters. The van der Waals surface area contributed by atoms with E-state index in [1.54, 1.807) is 6.92 Å². The minimum Gasteiger partial charge on any atom is -0.493 e. The minimum absolute atomic E-state index is 0.118. The second-order valence-electron chi connectivity index (χ2n) is 7.29. The van der Waals surface area contributed by atoms with Crippen molar-refractivity contribution in [1.82, 2.24) is 5.32 Å². The molecule has 0 aliphatic carbocycles. The quantitative estimate of drug-likeness (QED) is 0.708. The number of esters is 1. The fraction of sp³-hybridized carbons (Fsp3) is 0.333. The Morgan fingerprint density at radius 3 is 2.55 bits per heavy atom. The molecule has 0 saturated heterocycles. The van der Waals surface area contributed by atoms with Crippen LogP contribution < -0.4 is 10.1 Å². The molecule has 1 aliphatic rings. The van der Waals surface area contributed by atoms with Crippen LogP contribution in [0.15, 0.2) is 59.8 Å². The molecular formula is C24H27NO4. The monoisotopic (exact) mass is 393 g/mol. The van der Waals surface area contributed by atoms with Crippen molar-refractivity contribution < 1.29 is 19.1 Å². The molecule has 2 aromatic rings. The second-order valence-corrected chi connectivity index (χ2v) is 7.29. The molecule has 0 aromatic heterocycles. The van der Waals surface area contributed by atoms with Gasteiger partial charge in [-0.15, -0.1) is 0 Å². The van der Waals surface area contributed by atoms with Crippen LogP contribution in [0.4, 0.5) is 0 Å². The van der Waals surface area contributed by atoms with Crippen molar-refractivity contribution in [3.05, 3.63) is 76.5 Å². The Hall–Kier alpha value is -3.08. The van der Waals surface area contributed by atoms with Gasteiger partial charge in [0.05, 0.1) is 12.2 Å². The number of benzene rings is 2. The van der Waals surface area contributed by atoms with E-state index in [0.29, 0.717) is 23.6 Å². The Kier molecular flexibility index (Phi) is 6.70. The summed E-state index contributed by atoms with van der Waals surface area (Å²) < 4.78 is 11.5. The summed E-state index contributed by atoms with van der Waals surface area (Å²) in [7, 11) is 0. The molecule has 1 heterocycles. The van der Waals surface area contributed by atoms with E-state index in [-0.39, 0.29) is 18.9 Å². The van der Waals surface area contributed by atoms with Gasteiger partial charge in [0.2, 0.25) is 5.91 Å². The predicted molar refractivity (Wildman–Crippen MR) is 111 cm³/mol. The van der Waals surface area contributed by atoms with E-state index in [0.717, 1.165) is 23.1 Å². The number of hydrogen-bond acceptors (Lipinski definition) is 4. The zero-order valence-electron chi connectivity index (χ0n) is 17.2. The highest BCUT2D eigenvalue weighted by Gasteiger charge is 2.34. The number of allylic oxidation sites excluding steroid dienone is 1. The number of hydrogen-bond donors (Lipinski definition) is 1. The van der Waals surface area contributed by atoms with Crippen LogP contribution in [0.3, 0.4) is 0 Å². The molecule has 1 aliphatic heterocycles. The van der Waals surface area contributed by atoms with Crippen molar-refractivity contribution in [2.45, 2.75) is 46.1 Å². The number of carbonyl (C=O) groups is 2. The van der Waals surface area contributed by atoms with E-state index in [4.69, 9.17) is 9.47 Å². The van der Waals surface area contributed by atoms with Crippen LogP contribution >= 0.6 is 0 Å². The maximum Gasteiger partial charge on any atom is 0.336 e. The molecule has 0 saturated carbocycles. The molecular weight excluding hydrogens is 366 g/mol. The van der Waals surface area contributed by atoms with Crippen LogP contribution in [-0.4, -0.2) is 18.5 Å². The van der Waals surface area contributed by atoms with Crippen LogP contribution in [0.25, 0.3) is 0 Å². The summed E-state index contributed by atoms with van der Waals surface area (Å²) in [5, 5.41) is 2.78. The lowest BCUT2D eigenvalue weighted by atomic mass is 9.84. The third-order valence-corrected chi connectivity index (χ3v) is 4.94. The molecule has 0 spiro atoms. The van der Waals surface area contributed by atoms with Gasteiger partial charge in [-0.3, -0.25) is 4.79 Å². The Morgan fingerprint density at radius 1 is 1.10 bits per heavy atom. The van der Waals surface area contributed by atoms with E-state index < -0.39 is 11.9 Å². The van der Waals surface area contributed by atoms with Gasteiger partial charge in [-0.1, -0.05) is 55.0 Å². The number of nitrogens with one attached hydrogen (secondary N) is 1. The van der Waals surface area contributed by atoms with Gasteiger partial charge < -0.3 is 14.8 Å². The Balaban J connectivity index is 1.86. The van der Waals surface area contributed by atoms with Crippen molar-refractivity contribution in [3.63, 3.8) is 0 Å². The molecule has 152 valence electrons. The first-order valence-corrected chi connectivity index (χ1v) is 9.94. The summed E-state index contributed by atoms with van der Waals surface area (Å²) >= 11 is 0. The van der Waals surface area contributed by atoms with Crippen LogP contribution in [-0.2, 0) is 20.9 Å². The van der Waals surface area contributed by atoms with Crippen LogP contribution in [0.5, 0.6) is 5.75 Å². The lowest BCUT2D eigenvalue weighted by Crippen LogP contribution is -2.34. The summed E-state index contributed by atoms with van der Waals surface area (Å²) in [6, 6.07) is 15.4. The molecule has 5 nitrogen and oxygen atoms in total. The maximum absolute atomic E-state index is 13.0. The minimum atomic E-state index is -0.418. The summed E-state index contributed by atoms with van der Waals surface area (Å²) in [6.45, 7) is 6.55. The predicted octanol–water partition coefficient (Wildman–Crippen LogP) is 4.40. The van der Waals surface area contributed by atoms with Gasteiger partial charge in [-0.05, 0) is 31.9 Å². The Morgan fingerprint density at radius 2 is 1.83 bits per heavy atom. The van der Waals surface area contributed by atoms with E-state index in [1.165, 1.54) is 0 Å². The molecule has 29 heavy (non-hydrogen) atoms. The highest BCUT2D eigenvalue weighted by atomic mass is 16.5. The van der Waals surface area contributed by atoms with Crippen molar-refractivity contribution in [3.8, 4) is 5.75 Å². The lowest BCUT2D eigenvalue weighted by Gasteiger charge is -2.28. The maximum atomic E-state index is 13.0. The van der Waals surface area contributed by atoms with E-state index in [9.17, 15) is 9.59 Å². The fourth-order valence-electron chi connectivity index (χ4n) is 3.46. The molecule has 3 rings (SSSR count). The van der Waals surface area contributed by atoms with Gasteiger partial charge in [0.25, 0.3) is 0 Å². The fourth-order valence-corrected chi connectivity index (χ4v) is 3.46. The van der Waals surface area contributed by atoms with Crippen molar-refractivity contribution >= 4 is 11.9 Å². The van der Waals surface area contributed by atoms with Crippen molar-refractivity contribution in [2.75, 3.05) is 6.61 Å². The highest BCUT2D eigenvalue weighted by Crippen LogP contribution is 2.38. The van der Waals surface area contributed by atoms with Gasteiger partial charge in [0.15, 0.2) is 0 Å². The zero-order valence-corrected chi connectivity index (χ0v) is 17.2. The topological polar surface area (TPSA) is 64.6 Å². The van der Waals surface area contributed by atoms with Gasteiger partial charge in [-0.2, -0.15) is 0 Å². The van der Waals surface area contributed by atoms with Gasteiger partial charge in [0.1, 0.15) is 12.4 Å². The molecule has 2 aromatic carbocycles. The third kappa shape index (κ3) is 5.05. The van der Waals surface area contributed by atoms with Crippen molar-refractivity contribution in [1.29, 1.82) is 0 Å². The van der Waals surface area contributed by atoms with E-state index in [1.807, 2.05) is 62.4 Å². The molecule has 1 N–H and O–H groups in total. The number of carbonyl (C=O) groups excluding carboxylic acids is 2. The van der Waals surface area contributed by atoms with E-state index in [2.05, 4.69) is 5.32 Å². The normalized spacial score (nSPS) is 16.4. The lowest BCUT2D eigenvalue weighted by molar-refractivity contribution is -0.141. The van der Waals surface area contributed by atoms with Crippen LogP contribution in [0.1, 0.15) is 49.3 Å². The van der Waals surface area contributed by atoms with Crippen LogP contribution in [0, 0.1) is 6.92 Å². The van der Waals surface area contributed by atoms with Gasteiger partial charge in [-0.25, -0.2) is 4.79 Å². The summed E-state index contributed by atoms with van der Waals surface area (Å²) in [6.07, 6.45) is 1.05. The first kappa shape index (κ1) is 20.6. The molecule has 0 unspecified atom stereocenters.